The van der Waals surface area contributed by atoms with Crippen molar-refractivity contribution >= 4 is 22.7 Å². The maximum absolute atomic E-state index is 14.5. The second-order valence-electron chi connectivity index (χ2n) is 36.6. The number of epoxide rings is 2. The molecule has 22 nitrogen and oxygen atoms in total. The molecule has 14 N–H and O–H groups in total. The van der Waals surface area contributed by atoms with E-state index in [4.69, 9.17) is 58.8 Å². The minimum Gasteiger partial charge on any atom is -0.491 e. The molecule has 0 radical (unpaired) electrons. The Morgan fingerprint density at radius 2 is 0.458 bits per heavy atom. The van der Waals surface area contributed by atoms with Crippen molar-refractivity contribution in [3.63, 3.8) is 0 Å². The molecular formula is C110H116F12N4O18. The quantitative estimate of drug-likeness (QED) is 0.00959. The molecule has 8 atom stereocenters. The molecule has 0 saturated carbocycles. The van der Waals surface area contributed by atoms with Gasteiger partial charge in [0.05, 0.1) is 13.2 Å². The summed E-state index contributed by atoms with van der Waals surface area (Å²) in [5, 5.41) is 91.4. The highest BCUT2D eigenvalue weighted by Crippen LogP contribution is 2.52. The second kappa shape index (κ2) is 45.9. The number of rotatable bonds is 44. The number of ether oxygens (including phenoxy) is 10. The molecule has 0 aromatic heterocycles. The highest BCUT2D eigenvalue weighted by atomic mass is 19.4. The van der Waals surface area contributed by atoms with Crippen molar-refractivity contribution in [1.29, 1.82) is 0 Å². The van der Waals surface area contributed by atoms with Gasteiger partial charge in [0.2, 0.25) is 0 Å². The Kier molecular flexibility index (Phi) is 34.5. The Hall–Kier alpha value is -13.0. The maximum Gasteiger partial charge on any atom is 0.421 e. The number of nitrogens with one attached hydrogen (secondary N) is 2. The van der Waals surface area contributed by atoms with Gasteiger partial charge < -0.3 is 110 Å². The number of aliphatic hydroxyl groups excluding tert-OH is 4. The Labute approximate surface area is 825 Å². The van der Waals surface area contributed by atoms with E-state index >= 15 is 0 Å². The number of aliphatic hydroxyl groups is 8. The highest BCUT2D eigenvalue weighted by Gasteiger charge is 2.57. The first-order valence-electron chi connectivity index (χ1n) is 46.4. The van der Waals surface area contributed by atoms with Gasteiger partial charge in [-0.1, -0.05) is 121 Å². The molecule has 0 aliphatic carbocycles. The lowest BCUT2D eigenvalue weighted by atomic mass is 9.81. The molecule has 768 valence electrons. The molecule has 2 heterocycles. The third-order valence-electron chi connectivity index (χ3n) is 25.1. The van der Waals surface area contributed by atoms with Crippen LogP contribution in [0.3, 0.4) is 0 Å². The van der Waals surface area contributed by atoms with Crippen LogP contribution in [-0.2, 0) is 57.6 Å². The number of anilines is 4. The highest BCUT2D eigenvalue weighted by molar-refractivity contribution is 5.81. The van der Waals surface area contributed by atoms with E-state index in [0.717, 1.165) is 71.9 Å². The Bertz CT molecular complexity index is 5870. The summed E-state index contributed by atoms with van der Waals surface area (Å²) < 4.78 is 227. The van der Waals surface area contributed by atoms with Gasteiger partial charge in [-0.25, -0.2) is 0 Å². The second-order valence-corrected chi connectivity index (χ2v) is 36.6. The third-order valence-corrected chi connectivity index (χ3v) is 25.1. The van der Waals surface area contributed by atoms with Crippen LogP contribution in [0, 0.1) is 27.7 Å². The fourth-order valence-corrected chi connectivity index (χ4v) is 16.6. The molecular weight excluding hydrogens is 1890 g/mol. The topological polar surface area (TPSA) is 337 Å². The van der Waals surface area contributed by atoms with E-state index in [9.17, 15) is 93.5 Å². The molecule has 8 unspecified atom stereocenters. The standard InChI is InChI=1S/C75H80F12N4O11.C35H36O7/c1-41-56(25-29-60(88)64(41)68(5,95)72(76,77)78)58-27-31-62(66(43(58)3)70(7,97)74(82,83)84)90-35-49(92)37-99-52-17-9-45(10-18-52)33-47-13-21-54(22-14-47)101-39-51(94)40-102-55-23-15-48(16-24-55)34-46-11-19-53(20-12-46)100-38-50(93)36-91-63-32-28-59(44(4)67(63)71(8,98)75(85,86)87)57-26-30-61(89)65(42(57)2)69(6,96)73(79,80)81;36-29(19-37-30-9-1-25(2-10-30)17-27-5-13-32(14-6-27)39-21-34-23-41-34)20-38-31-11-3-26(4-12-31)18-28-7-15-33(16-8-28)40-22-35-24-42-35/h9-32,49-51,90-98H,33-40,88-89H2,1-8H3;1-16,29,34-36H,17-24H2. The van der Waals surface area contributed by atoms with Crippen molar-refractivity contribution in [3.05, 3.63) is 332 Å². The lowest BCUT2D eigenvalue weighted by molar-refractivity contribution is -0.259. The monoisotopic (exact) mass is 2010 g/mol. The molecule has 34 heteroatoms. The molecule has 144 heavy (non-hydrogen) atoms. The third kappa shape index (κ3) is 27.9. The fourth-order valence-electron chi connectivity index (χ4n) is 16.6. The average molecular weight is 2010 g/mol. The SMILES string of the molecule is Cc1c(-c2ccc(NCC(O)COc3ccc(Cc4ccc(OCC(O)COc5ccc(Cc6ccc(OCC(O)CNc7ccc(-c8ccc(N)c(C(C)(O)C(F)(F)F)c8C)c(C)c7C(C)(O)C(F)(F)F)cc6)cc5)cc4)cc3)c(C(C)(O)C(F)(F)F)c2C)ccc(N)c1C(C)(O)C(F)(F)F.OC(COc1ccc(Cc2ccc(OCC3CO3)cc2)cc1)COc1ccc(Cc2ccc(OCC3CO3)cc2)cc1. The van der Waals surface area contributed by atoms with E-state index in [1.165, 1.54) is 86.3 Å². The van der Waals surface area contributed by atoms with E-state index in [2.05, 4.69) is 34.9 Å². The molecule has 2 aliphatic rings. The molecule has 12 aromatic carbocycles. The van der Waals surface area contributed by atoms with Gasteiger partial charge in [0, 0.05) is 58.1 Å². The lowest BCUT2D eigenvalue weighted by Gasteiger charge is -2.33. The first-order chi connectivity index (χ1) is 68.0. The Morgan fingerprint density at radius 3 is 0.660 bits per heavy atom. The molecule has 2 fully saturated rings. The molecule has 14 rings (SSSR count). The minimum atomic E-state index is -5.22. The van der Waals surface area contributed by atoms with Crippen LogP contribution in [0.4, 0.5) is 75.4 Å². The van der Waals surface area contributed by atoms with Crippen molar-refractivity contribution in [3.8, 4) is 68.2 Å². The van der Waals surface area contributed by atoms with Gasteiger partial charge in [0.1, 0.15) is 135 Å². The summed E-state index contributed by atoms with van der Waals surface area (Å²) in [6, 6.07) is 70.6. The summed E-state index contributed by atoms with van der Waals surface area (Å²) in [5.41, 5.74) is 2.17. The van der Waals surface area contributed by atoms with Crippen molar-refractivity contribution in [2.45, 2.75) is 165 Å². The number of nitrogens with two attached hydrogens (primary N) is 2. The van der Waals surface area contributed by atoms with Gasteiger partial charge in [-0.05, 0) is 291 Å². The van der Waals surface area contributed by atoms with E-state index in [1.54, 1.807) is 48.5 Å². The van der Waals surface area contributed by atoms with E-state index in [0.29, 0.717) is 88.2 Å². The van der Waals surface area contributed by atoms with Crippen LogP contribution in [-0.4, -0.2) is 181 Å². The lowest BCUT2D eigenvalue weighted by Crippen LogP contribution is -2.41. The van der Waals surface area contributed by atoms with Crippen molar-refractivity contribution in [2.75, 3.05) is 101 Å². The summed E-state index contributed by atoms with van der Waals surface area (Å²) in [5.74, 6) is 4.91. The summed E-state index contributed by atoms with van der Waals surface area (Å²) >= 11 is 0. The van der Waals surface area contributed by atoms with Crippen molar-refractivity contribution in [2.24, 2.45) is 0 Å². The van der Waals surface area contributed by atoms with Crippen LogP contribution in [0.15, 0.2) is 243 Å². The van der Waals surface area contributed by atoms with Crippen molar-refractivity contribution in [1.82, 2.24) is 0 Å². The zero-order valence-electron chi connectivity index (χ0n) is 80.2. The molecule has 2 saturated heterocycles. The number of benzene rings is 12. The van der Waals surface area contributed by atoms with E-state index < -0.39 is 93.8 Å². The molecule has 12 aromatic rings. The van der Waals surface area contributed by atoms with E-state index in [-0.39, 0.29) is 132 Å². The van der Waals surface area contributed by atoms with Gasteiger partial charge in [0.15, 0.2) is 22.4 Å². The smallest absolute Gasteiger partial charge is 0.421 e. The predicted molar refractivity (Wildman–Crippen MR) is 521 cm³/mol. The zero-order chi connectivity index (χ0) is 104. The van der Waals surface area contributed by atoms with Crippen LogP contribution in [0.2, 0.25) is 0 Å². The van der Waals surface area contributed by atoms with Crippen LogP contribution in [0.25, 0.3) is 22.3 Å². The summed E-state index contributed by atoms with van der Waals surface area (Å²) in [6.45, 7) is 8.87. The molecule has 2 aliphatic heterocycles. The van der Waals surface area contributed by atoms with Crippen LogP contribution < -0.4 is 60.0 Å². The van der Waals surface area contributed by atoms with E-state index in [1.807, 2.05) is 121 Å². The van der Waals surface area contributed by atoms with Gasteiger partial charge in [-0.3, -0.25) is 0 Å². The van der Waals surface area contributed by atoms with Crippen LogP contribution in [0.1, 0.15) is 117 Å². The number of halogens is 12. The first kappa shape index (κ1) is 108. The zero-order valence-corrected chi connectivity index (χ0v) is 80.2. The molecule has 0 bridgehead atoms. The van der Waals surface area contributed by atoms with Gasteiger partial charge in [-0.2, -0.15) is 52.7 Å². The molecule has 0 spiro atoms. The fraction of sp³-hybridized carbons (Fsp3) is 0.345. The summed E-state index contributed by atoms with van der Waals surface area (Å²) in [4.78, 5) is 0. The largest absolute Gasteiger partial charge is 0.491 e. The Balaban J connectivity index is 0.000000341. The number of nitrogen functional groups attached to an aromatic ring is 2. The summed E-state index contributed by atoms with van der Waals surface area (Å²) in [6.07, 6.45) is -21.9. The predicted octanol–water partition coefficient (Wildman–Crippen LogP) is 19.4. The summed E-state index contributed by atoms with van der Waals surface area (Å²) in [7, 11) is 0. The minimum absolute atomic E-state index is 0.0310. The maximum atomic E-state index is 14.5. The van der Waals surface area contributed by atoms with Gasteiger partial charge >= 0.3 is 24.7 Å². The van der Waals surface area contributed by atoms with Crippen molar-refractivity contribution < 1.29 is 141 Å². The first-order valence-corrected chi connectivity index (χ1v) is 46.4. The number of hydrogen-bond donors (Lipinski definition) is 12. The van der Waals surface area contributed by atoms with Gasteiger partial charge in [-0.15, -0.1) is 0 Å². The van der Waals surface area contributed by atoms with Crippen LogP contribution in [0.5, 0.6) is 46.0 Å². The average Bonchev–Trinajstić information content (AvgIpc) is 1.74. The van der Waals surface area contributed by atoms with Gasteiger partial charge in [0.25, 0.3) is 0 Å². The number of hydrogen-bond acceptors (Lipinski definition) is 22. The number of alkyl halides is 12. The molecule has 0 amide bonds. The normalized spacial score (nSPS) is 16.2. The van der Waals surface area contributed by atoms with Crippen LogP contribution >= 0.6 is 0 Å². The Morgan fingerprint density at radius 1 is 0.278 bits per heavy atom.